The molecule has 1 atom stereocenters. The minimum Gasteiger partial charge on any atom is -0.503 e. The summed E-state index contributed by atoms with van der Waals surface area (Å²) in [5.41, 5.74) is 3.88. The Morgan fingerprint density at radius 2 is 1.77 bits per heavy atom. The van der Waals surface area contributed by atoms with E-state index in [9.17, 15) is 14.7 Å². The van der Waals surface area contributed by atoms with E-state index in [4.69, 9.17) is 4.74 Å². The van der Waals surface area contributed by atoms with Crippen molar-refractivity contribution in [1.29, 1.82) is 0 Å². The molecule has 0 aliphatic carbocycles. The van der Waals surface area contributed by atoms with Crippen LogP contribution in [0, 0.1) is 6.92 Å². The maximum atomic E-state index is 14.1. The Morgan fingerprint density at radius 3 is 2.44 bits per heavy atom. The Bertz CT molecular complexity index is 1550. The number of ketones is 1. The number of rotatable bonds is 8. The number of thiazole rings is 1. The average Bonchev–Trinajstić information content (AvgIpc) is 3.46. The van der Waals surface area contributed by atoms with E-state index in [0.717, 1.165) is 11.1 Å². The first-order chi connectivity index (χ1) is 18.8. The largest absolute Gasteiger partial charge is 0.503 e. The predicted octanol–water partition coefficient (Wildman–Crippen LogP) is 7.42. The Morgan fingerprint density at radius 1 is 1.05 bits per heavy atom. The van der Waals surface area contributed by atoms with Gasteiger partial charge in [-0.25, -0.2) is 4.98 Å². The van der Waals surface area contributed by atoms with Gasteiger partial charge in [-0.15, -0.1) is 11.3 Å². The molecule has 1 amide bonds. The standard InChI is InChI=1S/C32H30N2O4S/c1-5-38-25-13-9-12-23(18-25)27-26(28(35)30-20(4)33-31(39-30)22-10-7-6-8-11-22)29(36)32(37)34(27)24-16-14-21(15-17-24)19(2)3/h6-19,27,36H,5H2,1-4H3. The SMILES string of the molecule is CCOc1cccc(C2C(C(=O)c3sc(-c4ccccc4)nc3C)=C(O)C(=O)N2c2ccc(C(C)C)cc2)c1. The number of benzene rings is 3. The summed E-state index contributed by atoms with van der Waals surface area (Å²) in [6.07, 6.45) is 0. The number of nitrogens with zero attached hydrogens (tertiary/aromatic N) is 2. The quantitative estimate of drug-likeness (QED) is 0.236. The summed E-state index contributed by atoms with van der Waals surface area (Å²) in [7, 11) is 0. The van der Waals surface area contributed by atoms with Crippen molar-refractivity contribution in [2.45, 2.75) is 39.7 Å². The van der Waals surface area contributed by atoms with Gasteiger partial charge in [-0.1, -0.05) is 68.4 Å². The first-order valence-corrected chi connectivity index (χ1v) is 13.8. The zero-order valence-electron chi connectivity index (χ0n) is 22.3. The lowest BCUT2D eigenvalue weighted by atomic mass is 9.94. The second-order valence-corrected chi connectivity index (χ2v) is 10.7. The smallest absolute Gasteiger partial charge is 0.294 e. The fourth-order valence-electron chi connectivity index (χ4n) is 4.81. The summed E-state index contributed by atoms with van der Waals surface area (Å²) in [5.74, 6) is -0.632. The molecule has 1 N–H and O–H groups in total. The van der Waals surface area contributed by atoms with Gasteiger partial charge in [0.25, 0.3) is 5.91 Å². The van der Waals surface area contributed by atoms with Gasteiger partial charge in [-0.2, -0.15) is 0 Å². The first kappa shape index (κ1) is 26.4. The van der Waals surface area contributed by atoms with Crippen LogP contribution >= 0.6 is 11.3 Å². The molecular weight excluding hydrogens is 508 g/mol. The molecule has 4 aromatic rings. The average molecular weight is 539 g/mol. The van der Waals surface area contributed by atoms with Crippen molar-refractivity contribution in [1.82, 2.24) is 4.98 Å². The van der Waals surface area contributed by atoms with E-state index in [1.165, 1.54) is 16.2 Å². The zero-order chi connectivity index (χ0) is 27.7. The number of carbonyl (C=O) groups excluding carboxylic acids is 2. The number of carbonyl (C=O) groups is 2. The molecule has 3 aromatic carbocycles. The van der Waals surface area contributed by atoms with Gasteiger partial charge in [0.1, 0.15) is 10.8 Å². The molecule has 0 saturated carbocycles. The number of amides is 1. The van der Waals surface area contributed by atoms with E-state index in [2.05, 4.69) is 18.8 Å². The maximum Gasteiger partial charge on any atom is 0.294 e. The van der Waals surface area contributed by atoms with Crippen LogP contribution in [0.4, 0.5) is 5.69 Å². The van der Waals surface area contributed by atoms with Crippen LogP contribution in [0.15, 0.2) is 90.2 Å². The highest BCUT2D eigenvalue weighted by Gasteiger charge is 2.45. The van der Waals surface area contributed by atoms with Crippen molar-refractivity contribution < 1.29 is 19.4 Å². The summed E-state index contributed by atoms with van der Waals surface area (Å²) >= 11 is 1.26. The van der Waals surface area contributed by atoms with E-state index in [1.807, 2.05) is 85.8 Å². The van der Waals surface area contributed by atoms with E-state index < -0.39 is 23.5 Å². The van der Waals surface area contributed by atoms with Gasteiger partial charge in [-0.05, 0) is 55.2 Å². The van der Waals surface area contributed by atoms with Crippen LogP contribution in [0.3, 0.4) is 0 Å². The van der Waals surface area contributed by atoms with Crippen LogP contribution in [-0.4, -0.2) is 28.4 Å². The van der Waals surface area contributed by atoms with E-state index in [1.54, 1.807) is 6.92 Å². The van der Waals surface area contributed by atoms with Crippen LogP contribution in [0.1, 0.15) is 59.2 Å². The van der Waals surface area contributed by atoms with Crippen LogP contribution in [-0.2, 0) is 4.79 Å². The summed E-state index contributed by atoms with van der Waals surface area (Å²) in [6, 6.07) is 23.8. The first-order valence-electron chi connectivity index (χ1n) is 13.0. The summed E-state index contributed by atoms with van der Waals surface area (Å²) in [6.45, 7) is 8.35. The summed E-state index contributed by atoms with van der Waals surface area (Å²) < 4.78 is 5.72. The fourth-order valence-corrected chi connectivity index (χ4v) is 5.84. The third-order valence-corrected chi connectivity index (χ3v) is 8.00. The Kier molecular flexibility index (Phi) is 7.35. The molecular formula is C32H30N2O4S. The Hall–Kier alpha value is -4.23. The lowest BCUT2D eigenvalue weighted by Crippen LogP contribution is -2.31. The van der Waals surface area contributed by atoms with Crippen molar-refractivity contribution >= 4 is 28.7 Å². The minimum absolute atomic E-state index is 0.0351. The maximum absolute atomic E-state index is 14.1. The molecule has 198 valence electrons. The zero-order valence-corrected chi connectivity index (χ0v) is 23.2. The highest BCUT2D eigenvalue weighted by Crippen LogP contribution is 2.44. The number of aromatic nitrogens is 1. The molecule has 2 heterocycles. The predicted molar refractivity (Wildman–Crippen MR) is 155 cm³/mol. The lowest BCUT2D eigenvalue weighted by molar-refractivity contribution is -0.117. The molecule has 1 aromatic heterocycles. The number of aryl methyl sites for hydroxylation is 1. The number of aliphatic hydroxyl groups is 1. The normalized spacial score (nSPS) is 15.4. The van der Waals surface area contributed by atoms with Crippen LogP contribution in [0.25, 0.3) is 10.6 Å². The molecule has 0 fully saturated rings. The van der Waals surface area contributed by atoms with Crippen molar-refractivity contribution in [2.24, 2.45) is 0 Å². The molecule has 1 aliphatic rings. The third kappa shape index (κ3) is 4.98. The van der Waals surface area contributed by atoms with Crippen LogP contribution < -0.4 is 9.64 Å². The second kappa shape index (κ2) is 10.9. The van der Waals surface area contributed by atoms with Crippen molar-refractivity contribution in [3.63, 3.8) is 0 Å². The van der Waals surface area contributed by atoms with E-state index >= 15 is 0 Å². The van der Waals surface area contributed by atoms with Gasteiger partial charge in [0.2, 0.25) is 5.78 Å². The molecule has 6 nitrogen and oxygen atoms in total. The molecule has 1 aliphatic heterocycles. The monoisotopic (exact) mass is 538 g/mol. The van der Waals surface area contributed by atoms with Gasteiger partial charge < -0.3 is 9.84 Å². The van der Waals surface area contributed by atoms with Crippen LogP contribution in [0.5, 0.6) is 5.75 Å². The number of hydrogen-bond donors (Lipinski definition) is 1. The van der Waals surface area contributed by atoms with E-state index in [0.29, 0.717) is 45.1 Å². The molecule has 7 heteroatoms. The number of aliphatic hydroxyl groups excluding tert-OH is 1. The highest BCUT2D eigenvalue weighted by atomic mass is 32.1. The summed E-state index contributed by atoms with van der Waals surface area (Å²) in [5, 5.41) is 11.9. The Balaban J connectivity index is 1.62. The number of hydrogen-bond acceptors (Lipinski definition) is 6. The highest BCUT2D eigenvalue weighted by molar-refractivity contribution is 7.17. The number of ether oxygens (including phenoxy) is 1. The summed E-state index contributed by atoms with van der Waals surface area (Å²) in [4.78, 5) is 34.2. The second-order valence-electron chi connectivity index (χ2n) is 9.72. The third-order valence-electron chi connectivity index (χ3n) is 6.80. The van der Waals surface area contributed by atoms with Gasteiger partial charge in [0.15, 0.2) is 5.76 Å². The van der Waals surface area contributed by atoms with E-state index in [-0.39, 0.29) is 5.57 Å². The molecule has 0 bridgehead atoms. The fraction of sp³-hybridized carbons (Fsp3) is 0.219. The lowest BCUT2D eigenvalue weighted by Gasteiger charge is -2.27. The number of Topliss-reactive ketones (excluding diaryl/α,β-unsaturated/α-hetero) is 1. The molecule has 1 unspecified atom stereocenters. The minimum atomic E-state index is -0.836. The van der Waals surface area contributed by atoms with Gasteiger partial charge in [-0.3, -0.25) is 14.5 Å². The van der Waals surface area contributed by atoms with Gasteiger partial charge in [0, 0.05) is 11.3 Å². The van der Waals surface area contributed by atoms with Crippen molar-refractivity contribution in [3.8, 4) is 16.3 Å². The van der Waals surface area contributed by atoms with Crippen molar-refractivity contribution in [2.75, 3.05) is 11.5 Å². The molecule has 0 spiro atoms. The van der Waals surface area contributed by atoms with Crippen molar-refractivity contribution in [3.05, 3.63) is 112 Å². The number of anilines is 1. The van der Waals surface area contributed by atoms with Gasteiger partial charge >= 0.3 is 0 Å². The topological polar surface area (TPSA) is 79.7 Å². The van der Waals surface area contributed by atoms with Crippen LogP contribution in [0.2, 0.25) is 0 Å². The Labute approximate surface area is 232 Å². The van der Waals surface area contributed by atoms with Gasteiger partial charge in [0.05, 0.1) is 28.8 Å². The molecule has 0 saturated heterocycles. The molecule has 5 rings (SSSR count). The molecule has 39 heavy (non-hydrogen) atoms. The molecule has 0 radical (unpaired) electrons.